The summed E-state index contributed by atoms with van der Waals surface area (Å²) in [5.74, 6) is 4.68. The molecule has 4 aromatic heterocycles. The van der Waals surface area contributed by atoms with Crippen LogP contribution < -0.4 is 51.7 Å². The van der Waals surface area contributed by atoms with Crippen molar-refractivity contribution >= 4 is 46.2 Å². The van der Waals surface area contributed by atoms with Crippen molar-refractivity contribution in [3.63, 3.8) is 0 Å². The van der Waals surface area contributed by atoms with E-state index in [4.69, 9.17) is 39.3 Å². The van der Waals surface area contributed by atoms with Crippen molar-refractivity contribution < 1.29 is 61.1 Å². The van der Waals surface area contributed by atoms with Crippen LogP contribution >= 0.6 is 0 Å². The van der Waals surface area contributed by atoms with E-state index in [1.165, 1.54) is 0 Å². The number of hydrogen-bond donors (Lipinski definition) is 0. The van der Waals surface area contributed by atoms with Crippen LogP contribution in [0.2, 0.25) is 0 Å². The third kappa shape index (κ3) is 6.13. The Morgan fingerprint density at radius 3 is 0.788 bits per heavy atom. The SMILES string of the molecule is Cc1cc(C)n(-c2[c-]c3c(cc2)Oc2c4c5c(c6c2B3c2[c-]c(-n3nc(C)cc3C)ccc2O6)Oc2ccc(-n3nc(C)cc3C)[c-]c2B5c2[c-]c(-n3nc(C)cc3C)ccc2O4)n1.[Pt+2].[Pt+2]. The number of rotatable bonds is 4. The van der Waals surface area contributed by atoms with Crippen molar-refractivity contribution in [1.29, 1.82) is 0 Å². The van der Waals surface area contributed by atoms with Gasteiger partial charge in [-0.3, -0.25) is 18.7 Å². The van der Waals surface area contributed by atoms with E-state index in [-0.39, 0.29) is 42.1 Å². The van der Waals surface area contributed by atoms with E-state index in [0.29, 0.717) is 46.0 Å². The first kappa shape index (κ1) is 42.3. The molecule has 0 spiro atoms. The van der Waals surface area contributed by atoms with E-state index in [9.17, 15) is 0 Å². The third-order valence-electron chi connectivity index (χ3n) is 12.6. The smallest absolute Gasteiger partial charge is 0.514 e. The minimum absolute atomic E-state index is 0. The van der Waals surface area contributed by atoms with Crippen molar-refractivity contribution in [3.8, 4) is 68.7 Å². The van der Waals surface area contributed by atoms with Gasteiger partial charge < -0.3 is 18.9 Å². The van der Waals surface area contributed by atoms with E-state index in [1.54, 1.807) is 0 Å². The molecule has 66 heavy (non-hydrogen) atoms. The Balaban J connectivity index is 0.00000241. The fourth-order valence-corrected chi connectivity index (χ4v) is 10.1. The van der Waals surface area contributed by atoms with Gasteiger partial charge in [0.1, 0.15) is 0 Å². The molecule has 12 nitrogen and oxygen atoms in total. The first-order valence-corrected chi connectivity index (χ1v) is 21.3. The van der Waals surface area contributed by atoms with Crippen LogP contribution in [0.15, 0.2) is 72.8 Å². The van der Waals surface area contributed by atoms with Gasteiger partial charge >= 0.3 is 42.1 Å². The van der Waals surface area contributed by atoms with E-state index < -0.39 is 13.4 Å². The fourth-order valence-electron chi connectivity index (χ4n) is 10.1. The van der Waals surface area contributed by atoms with Crippen LogP contribution in [0.5, 0.6) is 46.0 Å². The van der Waals surface area contributed by atoms with Crippen molar-refractivity contribution in [2.24, 2.45) is 0 Å². The average molecular weight is 1220 g/mol. The number of hydrogen-bond acceptors (Lipinski definition) is 8. The quantitative estimate of drug-likeness (QED) is 0.167. The largest absolute Gasteiger partial charge is 2.00 e. The molecule has 0 atom stereocenters. The summed E-state index contributed by atoms with van der Waals surface area (Å²) in [6.45, 7) is 15.2. The van der Waals surface area contributed by atoms with Crippen LogP contribution in [0, 0.1) is 79.7 Å². The number of aromatic nitrogens is 8. The second-order valence-corrected chi connectivity index (χ2v) is 17.3. The van der Waals surface area contributed by atoms with Gasteiger partial charge in [0, 0.05) is 56.7 Å². The zero-order valence-corrected chi connectivity index (χ0v) is 41.5. The van der Waals surface area contributed by atoms with Crippen molar-refractivity contribution in [2.45, 2.75) is 55.4 Å². The molecular weight excluding hydrogens is 1190 g/mol. The van der Waals surface area contributed by atoms with E-state index in [2.05, 4.69) is 48.5 Å². The van der Waals surface area contributed by atoms with Gasteiger partial charge in [-0.05, 0) is 102 Å². The van der Waals surface area contributed by atoms with Gasteiger partial charge in [-0.15, -0.1) is 70.4 Å². The number of aryl methyl sites for hydroxylation is 8. The molecule has 4 aliphatic rings. The summed E-state index contributed by atoms with van der Waals surface area (Å²) in [4.78, 5) is 0. The Hall–Kier alpha value is -6.35. The molecule has 0 saturated carbocycles. The fraction of sp³-hybridized carbons (Fsp3) is 0.160. The summed E-state index contributed by atoms with van der Waals surface area (Å²) in [6.07, 6.45) is 0. The zero-order chi connectivity index (χ0) is 43.4. The molecule has 16 heteroatoms. The van der Waals surface area contributed by atoms with E-state index in [1.807, 2.05) is 123 Å². The average Bonchev–Trinajstić information content (AvgIpc) is 4.03. The summed E-state index contributed by atoms with van der Waals surface area (Å²) in [7, 11) is 0. The first-order chi connectivity index (χ1) is 30.9. The van der Waals surface area contributed by atoms with Gasteiger partial charge in [-0.2, -0.15) is 44.7 Å². The summed E-state index contributed by atoms with van der Waals surface area (Å²) in [5, 5.41) is 19.3. The van der Waals surface area contributed by atoms with Gasteiger partial charge in [-0.1, -0.05) is 0 Å². The van der Waals surface area contributed by atoms with Crippen molar-refractivity contribution in [1.82, 2.24) is 39.1 Å². The van der Waals surface area contributed by atoms with Crippen LogP contribution in [-0.2, 0) is 42.1 Å². The second kappa shape index (κ2) is 15.1. The molecule has 0 amide bonds. The van der Waals surface area contributed by atoms with Crippen LogP contribution in [-0.4, -0.2) is 52.5 Å². The standard InChI is InChI=1S/C50H36B2N8O4.2Pt/c1-25-17-29(5)57(53-25)33-9-13-41-37(21-33)51-38-22-34(58-30(6)18-26(2)54-58)10-14-42(38)62-48-45(51)47(61-41)49-46-50(48)64-44-16-12-36(60-32(8)20-28(4)56-60)24-40(44)52(46)39-23-35(11-15-43(39)63-49)59-31(7)19-27(3)55-59;;/h9-20H,1-8H3;;/q-4;2*+2. The molecule has 0 fully saturated rings. The maximum absolute atomic E-state index is 7.10. The molecule has 13 rings (SSSR count). The van der Waals surface area contributed by atoms with Crippen LogP contribution in [0.25, 0.3) is 22.7 Å². The maximum atomic E-state index is 7.10. The van der Waals surface area contributed by atoms with Gasteiger partial charge in [-0.25, -0.2) is 0 Å². The Morgan fingerprint density at radius 1 is 0.364 bits per heavy atom. The minimum atomic E-state index is -0.457. The molecule has 0 unspecified atom stereocenters. The molecular formula is C50H36B2N8O4Pt2. The van der Waals surface area contributed by atoms with Gasteiger partial charge in [0.2, 0.25) is 13.4 Å². The topological polar surface area (TPSA) is 108 Å². The van der Waals surface area contributed by atoms with Gasteiger partial charge in [0.05, 0.1) is 22.8 Å². The number of ether oxygens (including phenoxy) is 4. The molecule has 0 radical (unpaired) electrons. The van der Waals surface area contributed by atoms with Gasteiger partial charge in [0.15, 0.2) is 23.0 Å². The van der Waals surface area contributed by atoms with Crippen molar-refractivity contribution in [3.05, 3.63) is 143 Å². The number of benzene rings is 5. The van der Waals surface area contributed by atoms with Crippen molar-refractivity contribution in [2.75, 3.05) is 0 Å². The summed E-state index contributed by atoms with van der Waals surface area (Å²) in [6, 6.07) is 39.2. The monoisotopic (exact) mass is 1220 g/mol. The Labute approximate surface area is 410 Å². The summed E-state index contributed by atoms with van der Waals surface area (Å²) >= 11 is 0. The predicted octanol–water partition coefficient (Wildman–Crippen LogP) is 5.55. The molecule has 326 valence electrons. The first-order valence-electron chi connectivity index (χ1n) is 21.3. The third-order valence-corrected chi connectivity index (χ3v) is 12.6. The molecule has 4 aliphatic heterocycles. The molecule has 0 aliphatic carbocycles. The van der Waals surface area contributed by atoms with E-state index in [0.717, 1.165) is 101 Å². The Bertz CT molecular complexity index is 3100. The minimum Gasteiger partial charge on any atom is -0.514 e. The summed E-state index contributed by atoms with van der Waals surface area (Å²) < 4.78 is 36.0. The predicted molar refractivity (Wildman–Crippen MR) is 244 cm³/mol. The number of fused-ring (bicyclic) bond motifs is 10. The van der Waals surface area contributed by atoms with Crippen LogP contribution in [0.3, 0.4) is 0 Å². The molecule has 5 aromatic carbocycles. The molecule has 0 saturated heterocycles. The normalized spacial score (nSPS) is 13.0. The van der Waals surface area contributed by atoms with Crippen LogP contribution in [0.1, 0.15) is 45.6 Å². The molecule has 0 N–H and O–H groups in total. The Morgan fingerprint density at radius 2 is 0.591 bits per heavy atom. The van der Waals surface area contributed by atoms with E-state index >= 15 is 0 Å². The number of nitrogens with zero attached hydrogens (tertiary/aromatic N) is 8. The maximum Gasteiger partial charge on any atom is 2.00 e. The van der Waals surface area contributed by atoms with Crippen LogP contribution in [0.4, 0.5) is 0 Å². The second-order valence-electron chi connectivity index (χ2n) is 17.3. The summed E-state index contributed by atoms with van der Waals surface area (Å²) in [5.41, 5.74) is 15.6. The van der Waals surface area contributed by atoms with Gasteiger partial charge in [0.25, 0.3) is 0 Å². The molecule has 0 bridgehead atoms. The Kier molecular flexibility index (Phi) is 9.67. The molecule has 8 heterocycles. The zero-order valence-electron chi connectivity index (χ0n) is 36.9. The molecule has 9 aromatic rings.